The average Bonchev–Trinajstić information content (AvgIpc) is 2.42. The van der Waals surface area contributed by atoms with Crippen LogP contribution in [-0.4, -0.2) is 44.3 Å². The first-order valence-electron chi connectivity index (χ1n) is 5.46. The third kappa shape index (κ3) is 3.78. The summed E-state index contributed by atoms with van der Waals surface area (Å²) in [4.78, 5) is 11.8. The summed E-state index contributed by atoms with van der Waals surface area (Å²) in [7, 11) is 2.78. The third-order valence-corrected chi connectivity index (χ3v) is 2.41. The molecule has 0 spiro atoms. The number of aliphatic hydroxyl groups is 1. The summed E-state index contributed by atoms with van der Waals surface area (Å²) in [6.45, 7) is -0.545. The van der Waals surface area contributed by atoms with Crippen LogP contribution in [0.4, 0.5) is 8.78 Å². The standard InChI is InChI=1S/C12H15F2NO4/c1-18-9-5-3-4-7(10(9)19-2)12(17)15-6-8(16)11(13)14/h3-5,8,11,16H,6H2,1-2H3,(H,15,17). The maximum absolute atomic E-state index is 12.1. The van der Waals surface area contributed by atoms with Crippen molar-refractivity contribution in [2.75, 3.05) is 20.8 Å². The number of alkyl halides is 2. The molecule has 2 N–H and O–H groups in total. The molecule has 1 rings (SSSR count). The molecule has 106 valence electrons. The Morgan fingerprint density at radius 2 is 2.05 bits per heavy atom. The molecule has 1 atom stereocenters. The highest BCUT2D eigenvalue weighted by Crippen LogP contribution is 2.30. The van der Waals surface area contributed by atoms with Crippen molar-refractivity contribution < 1.29 is 28.2 Å². The van der Waals surface area contributed by atoms with Gasteiger partial charge in [-0.3, -0.25) is 4.79 Å². The highest BCUT2D eigenvalue weighted by molar-refractivity contribution is 5.97. The van der Waals surface area contributed by atoms with E-state index in [-0.39, 0.29) is 11.3 Å². The van der Waals surface area contributed by atoms with Crippen molar-refractivity contribution in [2.45, 2.75) is 12.5 Å². The fraction of sp³-hybridized carbons (Fsp3) is 0.417. The predicted octanol–water partition coefficient (Wildman–Crippen LogP) is 1.06. The summed E-state index contributed by atoms with van der Waals surface area (Å²) in [5.41, 5.74) is 0.142. The van der Waals surface area contributed by atoms with E-state index in [9.17, 15) is 13.6 Å². The molecule has 1 unspecified atom stereocenters. The zero-order valence-corrected chi connectivity index (χ0v) is 10.5. The van der Waals surface area contributed by atoms with Gasteiger partial charge in [0.05, 0.1) is 19.8 Å². The lowest BCUT2D eigenvalue weighted by molar-refractivity contribution is -0.00271. The van der Waals surface area contributed by atoms with Gasteiger partial charge in [0, 0.05) is 6.54 Å². The summed E-state index contributed by atoms with van der Waals surface area (Å²) >= 11 is 0. The summed E-state index contributed by atoms with van der Waals surface area (Å²) in [6.07, 6.45) is -4.81. The number of para-hydroxylation sites is 1. The zero-order valence-electron chi connectivity index (χ0n) is 10.5. The number of halogens is 2. The maximum atomic E-state index is 12.1. The van der Waals surface area contributed by atoms with Gasteiger partial charge in [0.25, 0.3) is 12.3 Å². The first kappa shape index (κ1) is 15.2. The quantitative estimate of drug-likeness (QED) is 0.814. The number of rotatable bonds is 6. The van der Waals surface area contributed by atoms with Gasteiger partial charge >= 0.3 is 0 Å². The number of carbonyl (C=O) groups excluding carboxylic acids is 1. The molecule has 0 radical (unpaired) electrons. The summed E-state index contributed by atoms with van der Waals surface area (Å²) in [5.74, 6) is -0.0750. The molecule has 5 nitrogen and oxygen atoms in total. The fourth-order valence-electron chi connectivity index (χ4n) is 1.45. The molecule has 0 aliphatic heterocycles. The fourth-order valence-corrected chi connectivity index (χ4v) is 1.45. The van der Waals surface area contributed by atoms with Gasteiger partial charge in [0.15, 0.2) is 11.5 Å². The molecule has 0 aliphatic rings. The van der Waals surface area contributed by atoms with E-state index in [0.29, 0.717) is 5.75 Å². The molecular weight excluding hydrogens is 260 g/mol. The molecule has 1 amide bonds. The zero-order chi connectivity index (χ0) is 14.4. The number of nitrogens with one attached hydrogen (secondary N) is 1. The molecule has 0 saturated heterocycles. The van der Waals surface area contributed by atoms with Crippen LogP contribution in [0.25, 0.3) is 0 Å². The molecule has 0 aliphatic carbocycles. The van der Waals surface area contributed by atoms with Gasteiger partial charge in [0.2, 0.25) is 0 Å². The first-order valence-corrected chi connectivity index (χ1v) is 5.46. The van der Waals surface area contributed by atoms with Crippen molar-refractivity contribution in [1.29, 1.82) is 0 Å². The van der Waals surface area contributed by atoms with E-state index in [1.165, 1.54) is 20.3 Å². The molecule has 19 heavy (non-hydrogen) atoms. The van der Waals surface area contributed by atoms with Gasteiger partial charge in [-0.05, 0) is 12.1 Å². The molecule has 0 aromatic heterocycles. The smallest absolute Gasteiger partial charge is 0.265 e. The van der Waals surface area contributed by atoms with Crippen LogP contribution in [0.3, 0.4) is 0 Å². The Labute approximate surface area is 109 Å². The van der Waals surface area contributed by atoms with Gasteiger partial charge in [-0.25, -0.2) is 8.78 Å². The number of methoxy groups -OCH3 is 2. The van der Waals surface area contributed by atoms with Crippen LogP contribution in [-0.2, 0) is 0 Å². The minimum Gasteiger partial charge on any atom is -0.493 e. The van der Waals surface area contributed by atoms with E-state index >= 15 is 0 Å². The van der Waals surface area contributed by atoms with E-state index in [2.05, 4.69) is 5.32 Å². The third-order valence-electron chi connectivity index (χ3n) is 2.41. The molecule has 1 aromatic carbocycles. The minimum atomic E-state index is -2.91. The number of aliphatic hydroxyl groups excluding tert-OH is 1. The Morgan fingerprint density at radius 1 is 1.37 bits per heavy atom. The Morgan fingerprint density at radius 3 is 2.58 bits per heavy atom. The second-order valence-corrected chi connectivity index (χ2v) is 3.65. The molecule has 0 heterocycles. The van der Waals surface area contributed by atoms with Crippen LogP contribution in [0, 0.1) is 0 Å². The molecule has 7 heteroatoms. The van der Waals surface area contributed by atoms with Crippen molar-refractivity contribution in [1.82, 2.24) is 5.32 Å². The Hall–Kier alpha value is -1.89. The number of amides is 1. The van der Waals surface area contributed by atoms with Crippen LogP contribution in [0.15, 0.2) is 18.2 Å². The van der Waals surface area contributed by atoms with Crippen LogP contribution >= 0.6 is 0 Å². The number of hydrogen-bond acceptors (Lipinski definition) is 4. The van der Waals surface area contributed by atoms with E-state index in [0.717, 1.165) is 0 Å². The van der Waals surface area contributed by atoms with Gasteiger partial charge in [-0.15, -0.1) is 0 Å². The van der Waals surface area contributed by atoms with Gasteiger partial charge < -0.3 is 19.9 Å². The predicted molar refractivity (Wildman–Crippen MR) is 63.9 cm³/mol. The van der Waals surface area contributed by atoms with Crippen molar-refractivity contribution in [3.05, 3.63) is 23.8 Å². The Balaban J connectivity index is 2.82. The first-order chi connectivity index (χ1) is 9.01. The largest absolute Gasteiger partial charge is 0.493 e. The lowest BCUT2D eigenvalue weighted by Crippen LogP contribution is -2.36. The summed E-state index contributed by atoms with van der Waals surface area (Å²) in [6, 6.07) is 4.63. The molecule has 0 fully saturated rings. The normalized spacial score (nSPS) is 12.1. The van der Waals surface area contributed by atoms with Crippen molar-refractivity contribution in [3.8, 4) is 11.5 Å². The monoisotopic (exact) mass is 275 g/mol. The van der Waals surface area contributed by atoms with Crippen LogP contribution < -0.4 is 14.8 Å². The lowest BCUT2D eigenvalue weighted by atomic mass is 10.1. The summed E-state index contributed by atoms with van der Waals surface area (Å²) in [5, 5.41) is 11.1. The maximum Gasteiger partial charge on any atom is 0.265 e. The van der Waals surface area contributed by atoms with Gasteiger partial charge in [0.1, 0.15) is 6.10 Å². The molecule has 0 bridgehead atoms. The molecule has 0 saturated carbocycles. The Kier molecular flexibility index (Phi) is 5.50. The second kappa shape index (κ2) is 6.89. The number of hydrogen-bond donors (Lipinski definition) is 2. The Bertz CT molecular complexity index is 440. The van der Waals surface area contributed by atoms with Gasteiger partial charge in [-0.2, -0.15) is 0 Å². The van der Waals surface area contributed by atoms with Crippen molar-refractivity contribution in [2.24, 2.45) is 0 Å². The second-order valence-electron chi connectivity index (χ2n) is 3.65. The SMILES string of the molecule is COc1cccc(C(=O)NCC(O)C(F)F)c1OC. The topological polar surface area (TPSA) is 67.8 Å². The molecular formula is C12H15F2NO4. The number of ether oxygens (including phenoxy) is 2. The lowest BCUT2D eigenvalue weighted by Gasteiger charge is -2.14. The van der Waals surface area contributed by atoms with Crippen molar-refractivity contribution in [3.63, 3.8) is 0 Å². The van der Waals surface area contributed by atoms with Crippen molar-refractivity contribution >= 4 is 5.91 Å². The molecule has 1 aromatic rings. The summed E-state index contributed by atoms with van der Waals surface area (Å²) < 4.78 is 34.3. The average molecular weight is 275 g/mol. The highest BCUT2D eigenvalue weighted by atomic mass is 19.3. The van der Waals surface area contributed by atoms with Crippen LogP contribution in [0.1, 0.15) is 10.4 Å². The minimum absolute atomic E-state index is 0.142. The number of carbonyl (C=O) groups is 1. The highest BCUT2D eigenvalue weighted by Gasteiger charge is 2.20. The van der Waals surface area contributed by atoms with Crippen LogP contribution in [0.5, 0.6) is 11.5 Å². The number of benzene rings is 1. The van der Waals surface area contributed by atoms with E-state index < -0.39 is 25.0 Å². The van der Waals surface area contributed by atoms with Crippen LogP contribution in [0.2, 0.25) is 0 Å². The van der Waals surface area contributed by atoms with E-state index in [1.54, 1.807) is 12.1 Å². The van der Waals surface area contributed by atoms with Gasteiger partial charge in [-0.1, -0.05) is 6.07 Å². The van der Waals surface area contributed by atoms with E-state index in [4.69, 9.17) is 14.6 Å². The van der Waals surface area contributed by atoms with E-state index in [1.807, 2.05) is 0 Å².